The number of anilines is 1. The molecule has 224 valence electrons. The maximum absolute atomic E-state index is 14.0. The van der Waals surface area contributed by atoms with Gasteiger partial charge in [0.05, 0.1) is 11.7 Å². The van der Waals surface area contributed by atoms with Crippen LogP contribution in [0, 0.1) is 23.2 Å². The van der Waals surface area contributed by atoms with Crippen molar-refractivity contribution in [3.05, 3.63) is 28.3 Å². The molecule has 3 aliphatic rings. The van der Waals surface area contributed by atoms with E-state index < -0.39 is 64.1 Å². The van der Waals surface area contributed by atoms with Crippen molar-refractivity contribution < 1.29 is 39.6 Å². The summed E-state index contributed by atoms with van der Waals surface area (Å²) in [6, 6.07) is 0.754. The lowest BCUT2D eigenvalue weighted by Gasteiger charge is -2.53. The number of nitrogens with two attached hydrogens (primary N) is 1. The van der Waals surface area contributed by atoms with E-state index in [2.05, 4.69) is 5.32 Å². The molecule has 0 radical (unpaired) electrons. The van der Waals surface area contributed by atoms with E-state index in [0.717, 1.165) is 0 Å². The van der Waals surface area contributed by atoms with E-state index in [1.807, 2.05) is 0 Å². The van der Waals surface area contributed by atoms with Crippen LogP contribution in [-0.2, 0) is 32.1 Å². The monoisotopic (exact) mass is 572 g/mol. The van der Waals surface area contributed by atoms with Crippen LogP contribution in [0.15, 0.2) is 11.6 Å². The topological polar surface area (TPSA) is 194 Å². The summed E-state index contributed by atoms with van der Waals surface area (Å²) in [7, 11) is 6.78. The maximum Gasteiger partial charge on any atom is 0.230 e. The summed E-state index contributed by atoms with van der Waals surface area (Å²) in [6.45, 7) is 5.19. The molecule has 6 atom stereocenters. The highest BCUT2D eigenvalue weighted by Gasteiger charge is 2.67. The Hall–Kier alpha value is -3.48. The van der Waals surface area contributed by atoms with Crippen molar-refractivity contribution in [2.24, 2.45) is 28.9 Å². The first-order valence-corrected chi connectivity index (χ1v) is 13.6. The first kappa shape index (κ1) is 30.5. The standard InChI is InChI=1S/C29H40N4O8/c1-28(2,3)27(40)31-11-13-10-16(32(4)5)14-8-12-9-15-20(33(6)7)23(36)19(26(30)39)25(38)29(15,41)24(37)17(12)22(35)18(14)21(13)34/h10,12,15,19-20,23,34-36,41H,8-9,11H2,1-7H3,(H2,30,39)(H,31,40)/t12-,15-,19?,20-,23?,29-/m1/s1. The highest BCUT2D eigenvalue weighted by Crippen LogP contribution is 2.53. The van der Waals surface area contributed by atoms with Gasteiger partial charge in [0.15, 0.2) is 11.4 Å². The van der Waals surface area contributed by atoms with Crippen LogP contribution < -0.4 is 16.0 Å². The van der Waals surface area contributed by atoms with Crippen molar-refractivity contribution in [3.8, 4) is 5.75 Å². The van der Waals surface area contributed by atoms with E-state index in [1.165, 1.54) is 0 Å². The molecule has 2 saturated carbocycles. The minimum Gasteiger partial charge on any atom is -0.507 e. The number of phenols is 1. The van der Waals surface area contributed by atoms with E-state index in [1.54, 1.807) is 64.8 Å². The maximum atomic E-state index is 14.0. The summed E-state index contributed by atoms with van der Waals surface area (Å²) in [5.74, 6) is -8.18. The fourth-order valence-electron chi connectivity index (χ4n) is 6.68. The van der Waals surface area contributed by atoms with Crippen molar-refractivity contribution in [1.82, 2.24) is 10.2 Å². The zero-order valence-corrected chi connectivity index (χ0v) is 24.5. The number of nitrogens with zero attached hydrogens (tertiary/aromatic N) is 2. The first-order chi connectivity index (χ1) is 18.8. The number of hydrogen-bond acceptors (Lipinski definition) is 10. The molecule has 7 N–H and O–H groups in total. The zero-order chi connectivity index (χ0) is 30.9. The number of benzene rings is 1. The molecular formula is C29H40N4O8. The molecule has 4 rings (SSSR count). The van der Waals surface area contributed by atoms with Gasteiger partial charge in [0.1, 0.15) is 17.4 Å². The van der Waals surface area contributed by atoms with Gasteiger partial charge in [0.2, 0.25) is 17.6 Å². The van der Waals surface area contributed by atoms with Crippen LogP contribution >= 0.6 is 0 Å². The molecule has 2 amide bonds. The largest absolute Gasteiger partial charge is 0.507 e. The molecule has 0 saturated heterocycles. The third kappa shape index (κ3) is 4.58. The summed E-state index contributed by atoms with van der Waals surface area (Å²) in [5.41, 5.74) is 3.29. The highest BCUT2D eigenvalue weighted by molar-refractivity contribution is 6.25. The summed E-state index contributed by atoms with van der Waals surface area (Å²) < 4.78 is 0. The van der Waals surface area contributed by atoms with Crippen molar-refractivity contribution in [2.75, 3.05) is 33.1 Å². The third-order valence-electron chi connectivity index (χ3n) is 8.75. The van der Waals surface area contributed by atoms with Crippen LogP contribution in [0.25, 0.3) is 5.76 Å². The molecule has 2 unspecified atom stereocenters. The van der Waals surface area contributed by atoms with Gasteiger partial charge in [0, 0.05) is 54.8 Å². The number of aliphatic hydroxyl groups is 3. The van der Waals surface area contributed by atoms with Crippen LogP contribution in [0.1, 0.15) is 43.9 Å². The number of phenolic OH excluding ortho intramolecular Hbond substituents is 1. The summed E-state index contributed by atoms with van der Waals surface area (Å²) in [6.07, 6.45) is -1.32. The molecule has 1 aromatic carbocycles. The lowest BCUT2D eigenvalue weighted by Crippen LogP contribution is -2.73. The molecule has 12 heteroatoms. The van der Waals surface area contributed by atoms with Crippen molar-refractivity contribution in [2.45, 2.75) is 57.9 Å². The summed E-state index contributed by atoms with van der Waals surface area (Å²) in [4.78, 5) is 55.6. The fourth-order valence-corrected chi connectivity index (χ4v) is 6.68. The Balaban J connectivity index is 1.89. The molecule has 0 aliphatic heterocycles. The predicted molar refractivity (Wildman–Crippen MR) is 150 cm³/mol. The van der Waals surface area contributed by atoms with E-state index in [-0.39, 0.29) is 42.2 Å². The molecule has 0 aromatic heterocycles. The van der Waals surface area contributed by atoms with Crippen LogP contribution in [0.5, 0.6) is 5.75 Å². The summed E-state index contributed by atoms with van der Waals surface area (Å²) in [5, 5.41) is 48.4. The Kier molecular flexibility index (Phi) is 7.51. The van der Waals surface area contributed by atoms with Gasteiger partial charge in [-0.2, -0.15) is 0 Å². The third-order valence-corrected chi connectivity index (χ3v) is 8.75. The Morgan fingerprint density at radius 1 is 1.15 bits per heavy atom. The van der Waals surface area contributed by atoms with E-state index >= 15 is 0 Å². The number of ketones is 2. The zero-order valence-electron chi connectivity index (χ0n) is 24.5. The van der Waals surface area contributed by atoms with Crippen LogP contribution in [0.2, 0.25) is 0 Å². The number of carbonyl (C=O) groups is 4. The van der Waals surface area contributed by atoms with Gasteiger partial charge >= 0.3 is 0 Å². The predicted octanol–water partition coefficient (Wildman–Crippen LogP) is -0.143. The molecule has 3 aliphatic carbocycles. The molecular weight excluding hydrogens is 532 g/mol. The number of primary amides is 1. The lowest BCUT2D eigenvalue weighted by molar-refractivity contribution is -0.184. The molecule has 41 heavy (non-hydrogen) atoms. The van der Waals surface area contributed by atoms with E-state index in [9.17, 15) is 39.6 Å². The molecule has 1 aromatic rings. The number of aromatic hydroxyl groups is 1. The van der Waals surface area contributed by atoms with Crippen molar-refractivity contribution >= 4 is 34.8 Å². The lowest BCUT2D eigenvalue weighted by atomic mass is 9.54. The van der Waals surface area contributed by atoms with E-state index in [0.29, 0.717) is 16.8 Å². The molecule has 0 bridgehead atoms. The second-order valence-corrected chi connectivity index (χ2v) is 12.9. The van der Waals surface area contributed by atoms with Gasteiger partial charge in [-0.15, -0.1) is 0 Å². The van der Waals surface area contributed by atoms with Gasteiger partial charge in [-0.05, 0) is 44.5 Å². The SMILES string of the molecule is CN(C)c1cc(CNC(=O)C(C)(C)C)c(O)c2c1C[C@@H]1C[C@@H]3[C@@H](N(C)C)C(O)C(C(N)=O)C(=O)[C@]3(O)C(=O)C1=C2O. The van der Waals surface area contributed by atoms with Crippen molar-refractivity contribution in [3.63, 3.8) is 0 Å². The average Bonchev–Trinajstić information content (AvgIpc) is 2.84. The number of aliphatic hydroxyl groups excluding tert-OH is 2. The smallest absolute Gasteiger partial charge is 0.230 e. The van der Waals surface area contributed by atoms with Gasteiger partial charge in [0.25, 0.3) is 0 Å². The minimum absolute atomic E-state index is 0.0169. The van der Waals surface area contributed by atoms with Gasteiger partial charge < -0.3 is 41.3 Å². The number of nitrogens with one attached hydrogen (secondary N) is 1. The van der Waals surface area contributed by atoms with Gasteiger partial charge in [-0.25, -0.2) is 0 Å². The molecule has 0 spiro atoms. The van der Waals surface area contributed by atoms with Crippen LogP contribution in [-0.4, -0.2) is 94.6 Å². The minimum atomic E-state index is -2.72. The van der Waals surface area contributed by atoms with Crippen LogP contribution in [0.4, 0.5) is 5.69 Å². The Morgan fingerprint density at radius 2 is 1.76 bits per heavy atom. The van der Waals surface area contributed by atoms with Gasteiger partial charge in [-0.3, -0.25) is 19.2 Å². The fraction of sp³-hybridized carbons (Fsp3) is 0.586. The highest BCUT2D eigenvalue weighted by atomic mass is 16.3. The second kappa shape index (κ2) is 10.1. The Morgan fingerprint density at radius 3 is 2.27 bits per heavy atom. The number of carbonyl (C=O) groups excluding carboxylic acids is 4. The summed E-state index contributed by atoms with van der Waals surface area (Å²) >= 11 is 0. The Labute approximate surface area is 238 Å². The number of likely N-dealkylation sites (N-methyl/N-ethyl adjacent to an activating group) is 1. The quantitative estimate of drug-likeness (QED) is 0.259. The van der Waals surface area contributed by atoms with Crippen molar-refractivity contribution in [1.29, 1.82) is 0 Å². The van der Waals surface area contributed by atoms with Gasteiger partial charge in [-0.1, -0.05) is 20.8 Å². The number of fused-ring (bicyclic) bond motifs is 3. The van der Waals surface area contributed by atoms with Crippen LogP contribution in [0.3, 0.4) is 0 Å². The van der Waals surface area contributed by atoms with E-state index in [4.69, 9.17) is 5.73 Å². The number of amides is 2. The number of rotatable bonds is 5. The number of hydrogen-bond donors (Lipinski definition) is 6. The number of Topliss-reactive ketones (excluding diaryl/α,β-unsaturated/α-hetero) is 2. The second-order valence-electron chi connectivity index (χ2n) is 12.9. The first-order valence-electron chi connectivity index (χ1n) is 13.6. The average molecular weight is 573 g/mol. The molecule has 0 heterocycles. The normalized spacial score (nSPS) is 29.6. The molecule has 12 nitrogen and oxygen atoms in total. The Bertz CT molecular complexity index is 1360. The molecule has 2 fully saturated rings.